The molecule has 0 aromatic heterocycles. The van der Waals surface area contributed by atoms with Crippen LogP contribution < -0.4 is 5.32 Å². The zero-order chi connectivity index (χ0) is 14.0. The Morgan fingerprint density at radius 3 is 2.47 bits per heavy atom. The van der Waals surface area contributed by atoms with Gasteiger partial charge in [0, 0.05) is 5.69 Å². The number of amides is 1. The van der Waals surface area contributed by atoms with Crippen molar-refractivity contribution in [3.8, 4) is 11.5 Å². The van der Waals surface area contributed by atoms with Crippen molar-refractivity contribution in [2.75, 3.05) is 5.32 Å². The number of anilines is 1. The molecule has 0 spiro atoms. The van der Waals surface area contributed by atoms with Crippen molar-refractivity contribution >= 4 is 11.6 Å². The lowest BCUT2D eigenvalue weighted by molar-refractivity contribution is 0.102. The average Bonchev–Trinajstić information content (AvgIpc) is 2.36. The van der Waals surface area contributed by atoms with E-state index in [9.17, 15) is 15.0 Å². The van der Waals surface area contributed by atoms with E-state index in [2.05, 4.69) is 5.32 Å². The van der Waals surface area contributed by atoms with Crippen molar-refractivity contribution in [3.05, 3.63) is 53.1 Å². The molecule has 1 amide bonds. The van der Waals surface area contributed by atoms with Crippen LogP contribution in [0.2, 0.25) is 0 Å². The third kappa shape index (κ3) is 2.68. The molecular formula is C15H15NO3. The van der Waals surface area contributed by atoms with Gasteiger partial charge in [-0.05, 0) is 49.2 Å². The zero-order valence-corrected chi connectivity index (χ0v) is 10.8. The molecule has 0 saturated heterocycles. The summed E-state index contributed by atoms with van der Waals surface area (Å²) in [5, 5.41) is 21.9. The molecule has 98 valence electrons. The van der Waals surface area contributed by atoms with E-state index in [4.69, 9.17) is 0 Å². The van der Waals surface area contributed by atoms with E-state index in [1.165, 1.54) is 6.07 Å². The topological polar surface area (TPSA) is 69.6 Å². The van der Waals surface area contributed by atoms with Crippen LogP contribution in [0.4, 0.5) is 5.69 Å². The molecule has 2 aromatic rings. The van der Waals surface area contributed by atoms with Gasteiger partial charge in [0.25, 0.3) is 5.91 Å². The van der Waals surface area contributed by atoms with Gasteiger partial charge in [-0.25, -0.2) is 0 Å². The Bertz CT molecular complexity index is 635. The standard InChI is InChI=1S/C15H15NO3/c1-9-4-3-5-12(14(9)18)15(19)16-13-7-6-11(17)8-10(13)2/h3-8,17-18H,1-2H3,(H,16,19). The number of carbonyl (C=O) groups excluding carboxylic acids is 1. The molecule has 4 heteroatoms. The number of aromatic hydroxyl groups is 2. The molecule has 2 aromatic carbocycles. The molecule has 0 unspecified atom stereocenters. The van der Waals surface area contributed by atoms with Gasteiger partial charge in [0.2, 0.25) is 0 Å². The molecule has 2 rings (SSSR count). The van der Waals surface area contributed by atoms with Gasteiger partial charge in [-0.3, -0.25) is 4.79 Å². The number of benzene rings is 2. The van der Waals surface area contributed by atoms with Gasteiger partial charge in [0.05, 0.1) is 5.56 Å². The molecule has 0 bridgehead atoms. The molecule has 4 nitrogen and oxygen atoms in total. The molecule has 0 saturated carbocycles. The van der Waals surface area contributed by atoms with Gasteiger partial charge in [-0.1, -0.05) is 12.1 Å². The van der Waals surface area contributed by atoms with E-state index >= 15 is 0 Å². The summed E-state index contributed by atoms with van der Waals surface area (Å²) in [6, 6.07) is 9.69. The van der Waals surface area contributed by atoms with Crippen molar-refractivity contribution in [1.82, 2.24) is 0 Å². The quantitative estimate of drug-likeness (QED) is 0.724. The minimum absolute atomic E-state index is 0.0172. The van der Waals surface area contributed by atoms with Crippen LogP contribution >= 0.6 is 0 Å². The molecule has 0 fully saturated rings. The highest BCUT2D eigenvalue weighted by atomic mass is 16.3. The summed E-state index contributed by atoms with van der Waals surface area (Å²) >= 11 is 0. The van der Waals surface area contributed by atoms with E-state index in [-0.39, 0.29) is 23.0 Å². The largest absolute Gasteiger partial charge is 0.508 e. The van der Waals surface area contributed by atoms with Crippen molar-refractivity contribution < 1.29 is 15.0 Å². The number of carbonyl (C=O) groups is 1. The molecule has 0 aliphatic rings. The molecule has 3 N–H and O–H groups in total. The Morgan fingerprint density at radius 2 is 1.79 bits per heavy atom. The van der Waals surface area contributed by atoms with Gasteiger partial charge < -0.3 is 15.5 Å². The van der Waals surface area contributed by atoms with Gasteiger partial charge >= 0.3 is 0 Å². The summed E-state index contributed by atoms with van der Waals surface area (Å²) in [5.74, 6) is -0.250. The summed E-state index contributed by atoms with van der Waals surface area (Å²) in [7, 11) is 0. The maximum absolute atomic E-state index is 12.1. The Balaban J connectivity index is 2.28. The molecule has 0 atom stereocenters. The lowest BCUT2D eigenvalue weighted by Crippen LogP contribution is -2.13. The summed E-state index contributed by atoms with van der Waals surface area (Å²) in [5.41, 5.74) is 2.23. The highest BCUT2D eigenvalue weighted by Gasteiger charge is 2.13. The maximum atomic E-state index is 12.1. The van der Waals surface area contributed by atoms with E-state index in [0.717, 1.165) is 5.56 Å². The van der Waals surface area contributed by atoms with E-state index in [1.807, 2.05) is 0 Å². The fourth-order valence-electron chi connectivity index (χ4n) is 1.82. The number of phenolic OH excluding ortho intramolecular Hbond substituents is 2. The number of rotatable bonds is 2. The van der Waals surface area contributed by atoms with Crippen LogP contribution in [-0.4, -0.2) is 16.1 Å². The summed E-state index contributed by atoms with van der Waals surface area (Å²) in [6.45, 7) is 3.52. The Labute approximate surface area is 111 Å². The highest BCUT2D eigenvalue weighted by molar-refractivity contribution is 6.06. The van der Waals surface area contributed by atoms with Crippen molar-refractivity contribution in [3.63, 3.8) is 0 Å². The number of phenols is 2. The minimum Gasteiger partial charge on any atom is -0.508 e. The molecule has 0 heterocycles. The second-order valence-corrected chi connectivity index (χ2v) is 4.42. The third-order valence-electron chi connectivity index (χ3n) is 2.94. The second kappa shape index (κ2) is 5.02. The van der Waals surface area contributed by atoms with Crippen LogP contribution in [0, 0.1) is 13.8 Å². The maximum Gasteiger partial charge on any atom is 0.259 e. The fourth-order valence-corrected chi connectivity index (χ4v) is 1.82. The summed E-state index contributed by atoms with van der Waals surface area (Å²) in [6.07, 6.45) is 0. The SMILES string of the molecule is Cc1cc(O)ccc1NC(=O)c1cccc(C)c1O. The normalized spacial score (nSPS) is 10.2. The first kappa shape index (κ1) is 13.0. The Hall–Kier alpha value is -2.49. The van der Waals surface area contributed by atoms with Crippen LogP contribution in [0.1, 0.15) is 21.5 Å². The average molecular weight is 257 g/mol. The number of para-hydroxylation sites is 1. The Morgan fingerprint density at radius 1 is 1.05 bits per heavy atom. The third-order valence-corrected chi connectivity index (χ3v) is 2.94. The smallest absolute Gasteiger partial charge is 0.259 e. The predicted octanol–water partition coefficient (Wildman–Crippen LogP) is 2.97. The fraction of sp³-hybridized carbons (Fsp3) is 0.133. The van der Waals surface area contributed by atoms with Crippen LogP contribution in [0.3, 0.4) is 0 Å². The van der Waals surface area contributed by atoms with E-state index in [1.54, 1.807) is 44.2 Å². The number of hydrogen-bond donors (Lipinski definition) is 3. The van der Waals surface area contributed by atoms with Crippen LogP contribution in [0.15, 0.2) is 36.4 Å². The zero-order valence-electron chi connectivity index (χ0n) is 10.8. The van der Waals surface area contributed by atoms with Crippen LogP contribution in [-0.2, 0) is 0 Å². The van der Waals surface area contributed by atoms with Gasteiger partial charge in [0.15, 0.2) is 0 Å². The monoisotopic (exact) mass is 257 g/mol. The van der Waals surface area contributed by atoms with E-state index < -0.39 is 0 Å². The van der Waals surface area contributed by atoms with Crippen molar-refractivity contribution in [2.45, 2.75) is 13.8 Å². The first-order valence-corrected chi connectivity index (χ1v) is 5.88. The first-order valence-electron chi connectivity index (χ1n) is 5.88. The van der Waals surface area contributed by atoms with Crippen LogP contribution in [0.5, 0.6) is 11.5 Å². The summed E-state index contributed by atoms with van der Waals surface area (Å²) in [4.78, 5) is 12.1. The van der Waals surface area contributed by atoms with Gasteiger partial charge in [-0.2, -0.15) is 0 Å². The number of nitrogens with one attached hydrogen (secondary N) is 1. The predicted molar refractivity (Wildman–Crippen MR) is 73.6 cm³/mol. The molecule has 19 heavy (non-hydrogen) atoms. The number of aryl methyl sites for hydroxylation is 2. The Kier molecular flexibility index (Phi) is 3.42. The van der Waals surface area contributed by atoms with E-state index in [0.29, 0.717) is 11.3 Å². The first-order chi connectivity index (χ1) is 8.99. The highest BCUT2D eigenvalue weighted by Crippen LogP contribution is 2.24. The van der Waals surface area contributed by atoms with Crippen LogP contribution in [0.25, 0.3) is 0 Å². The van der Waals surface area contributed by atoms with Gasteiger partial charge in [0.1, 0.15) is 11.5 Å². The molecular weight excluding hydrogens is 242 g/mol. The second-order valence-electron chi connectivity index (χ2n) is 4.42. The lowest BCUT2D eigenvalue weighted by atomic mass is 10.1. The lowest BCUT2D eigenvalue weighted by Gasteiger charge is -2.10. The minimum atomic E-state index is -0.380. The van der Waals surface area contributed by atoms with Crippen molar-refractivity contribution in [1.29, 1.82) is 0 Å². The molecule has 0 radical (unpaired) electrons. The van der Waals surface area contributed by atoms with Gasteiger partial charge in [-0.15, -0.1) is 0 Å². The molecule has 0 aliphatic carbocycles. The van der Waals surface area contributed by atoms with Crippen molar-refractivity contribution in [2.24, 2.45) is 0 Å². The summed E-state index contributed by atoms with van der Waals surface area (Å²) < 4.78 is 0. The molecule has 0 aliphatic heterocycles. The number of hydrogen-bond acceptors (Lipinski definition) is 3.